The van der Waals surface area contributed by atoms with Gasteiger partial charge in [-0.05, 0) is 60.7 Å². The highest BCUT2D eigenvalue weighted by molar-refractivity contribution is 7.91. The van der Waals surface area contributed by atoms with Crippen LogP contribution >= 0.6 is 11.6 Å². The second kappa shape index (κ2) is 10.8. The number of anilines is 1. The van der Waals surface area contributed by atoms with E-state index in [1.165, 1.54) is 55.5 Å². The van der Waals surface area contributed by atoms with Gasteiger partial charge in [0, 0.05) is 22.2 Å². The van der Waals surface area contributed by atoms with E-state index in [1.54, 1.807) is 0 Å². The Morgan fingerprint density at radius 2 is 1.74 bits per heavy atom. The van der Waals surface area contributed by atoms with E-state index in [2.05, 4.69) is 5.32 Å². The molecule has 1 amide bonds. The van der Waals surface area contributed by atoms with Crippen LogP contribution < -0.4 is 5.32 Å². The third-order valence-electron chi connectivity index (χ3n) is 5.09. The van der Waals surface area contributed by atoms with E-state index in [-0.39, 0.29) is 21.2 Å². The molecule has 35 heavy (non-hydrogen) atoms. The lowest BCUT2D eigenvalue weighted by Gasteiger charge is -2.25. The zero-order valence-electron chi connectivity index (χ0n) is 18.2. The van der Waals surface area contributed by atoms with Crippen LogP contribution in [0, 0.1) is 17.6 Å². The van der Waals surface area contributed by atoms with Gasteiger partial charge in [0.05, 0.1) is 22.3 Å². The van der Waals surface area contributed by atoms with Crippen LogP contribution in [0.25, 0.3) is 0 Å². The molecule has 184 valence electrons. The van der Waals surface area contributed by atoms with Crippen molar-refractivity contribution < 1.29 is 36.6 Å². The largest absolute Gasteiger partial charge is 0.478 e. The van der Waals surface area contributed by atoms with Crippen molar-refractivity contribution in [2.24, 2.45) is 5.92 Å². The van der Waals surface area contributed by atoms with Gasteiger partial charge < -0.3 is 9.84 Å². The molecule has 0 saturated heterocycles. The maximum absolute atomic E-state index is 14.7. The summed E-state index contributed by atoms with van der Waals surface area (Å²) in [5, 5.41) is 10.1. The number of carboxylic acid groups (broad SMARTS) is 1. The average molecular weight is 524 g/mol. The molecule has 0 spiro atoms. The Labute approximate surface area is 205 Å². The summed E-state index contributed by atoms with van der Waals surface area (Å²) in [5.74, 6) is -3.97. The van der Waals surface area contributed by atoms with E-state index in [0.717, 1.165) is 18.2 Å². The van der Waals surface area contributed by atoms with Gasteiger partial charge in [0.1, 0.15) is 11.6 Å². The minimum absolute atomic E-state index is 0.0631. The third kappa shape index (κ3) is 6.34. The van der Waals surface area contributed by atoms with Crippen molar-refractivity contribution in [1.82, 2.24) is 0 Å². The first-order chi connectivity index (χ1) is 16.5. The zero-order chi connectivity index (χ0) is 25.8. The van der Waals surface area contributed by atoms with Crippen molar-refractivity contribution in [2.75, 3.05) is 11.9 Å². The van der Waals surface area contributed by atoms with Crippen LogP contribution in [0.4, 0.5) is 19.3 Å². The summed E-state index contributed by atoms with van der Waals surface area (Å²) < 4.78 is 60.6. The number of carbonyl (C=O) groups excluding carboxylic acids is 1. The molecular formula is C24H20ClF2NO6S. The molecule has 0 bridgehead atoms. The Bertz CT molecular complexity index is 1350. The molecule has 0 aliphatic carbocycles. The minimum Gasteiger partial charge on any atom is -0.478 e. The first-order valence-corrected chi connectivity index (χ1v) is 12.1. The monoisotopic (exact) mass is 523 g/mol. The molecule has 0 aromatic heterocycles. The molecule has 1 unspecified atom stereocenters. The SMILES string of the molecule is C[C@H](COC(=O)Nc1cccc(C(=O)O)c1)C(c1cc(F)ccc1F)S(=O)(=O)c1ccc(Cl)cc1. The number of rotatable bonds is 8. The first-order valence-electron chi connectivity index (χ1n) is 10.2. The van der Waals surface area contributed by atoms with Gasteiger partial charge in [-0.3, -0.25) is 5.32 Å². The van der Waals surface area contributed by atoms with Crippen LogP contribution in [-0.2, 0) is 14.6 Å². The molecule has 0 aliphatic heterocycles. The standard InChI is InChI=1S/C24H20ClF2NO6S/c1-14(13-34-24(31)28-18-4-2-3-15(11-18)23(29)30)22(20-12-17(26)7-10-21(20)27)35(32,33)19-8-5-16(25)6-9-19/h2-12,14,22H,13H2,1H3,(H,28,31)(H,29,30)/t14-,22?/m1/s1. The predicted molar refractivity (Wildman–Crippen MR) is 125 cm³/mol. The molecule has 0 aliphatic rings. The number of hydrogen-bond donors (Lipinski definition) is 2. The summed E-state index contributed by atoms with van der Waals surface area (Å²) in [6.07, 6.45) is -0.984. The van der Waals surface area contributed by atoms with Crippen LogP contribution in [0.15, 0.2) is 71.6 Å². The Balaban J connectivity index is 1.86. The molecule has 0 saturated carbocycles. The molecule has 3 rings (SSSR count). The van der Waals surface area contributed by atoms with Crippen LogP contribution in [0.1, 0.15) is 28.1 Å². The molecule has 2 atom stereocenters. The van der Waals surface area contributed by atoms with Crippen LogP contribution in [0.5, 0.6) is 0 Å². The number of aromatic carboxylic acids is 1. The topological polar surface area (TPSA) is 110 Å². The Kier molecular flexibility index (Phi) is 8.08. The van der Waals surface area contributed by atoms with Gasteiger partial charge in [0.2, 0.25) is 0 Å². The molecule has 3 aromatic carbocycles. The van der Waals surface area contributed by atoms with Crippen LogP contribution in [0.2, 0.25) is 5.02 Å². The fourth-order valence-corrected chi connectivity index (χ4v) is 5.60. The van der Waals surface area contributed by atoms with Crippen molar-refractivity contribution in [3.63, 3.8) is 0 Å². The van der Waals surface area contributed by atoms with Gasteiger partial charge in [0.25, 0.3) is 0 Å². The van der Waals surface area contributed by atoms with Gasteiger partial charge in [-0.1, -0.05) is 24.6 Å². The molecule has 0 fully saturated rings. The van der Waals surface area contributed by atoms with Gasteiger partial charge in [-0.25, -0.2) is 26.8 Å². The van der Waals surface area contributed by atoms with E-state index in [0.29, 0.717) is 0 Å². The summed E-state index contributed by atoms with van der Waals surface area (Å²) in [6.45, 7) is 0.943. The van der Waals surface area contributed by atoms with E-state index < -0.39 is 56.9 Å². The number of sulfone groups is 1. The maximum atomic E-state index is 14.7. The summed E-state index contributed by atoms with van der Waals surface area (Å²) >= 11 is 5.84. The van der Waals surface area contributed by atoms with Crippen molar-refractivity contribution >= 4 is 39.2 Å². The highest BCUT2D eigenvalue weighted by atomic mass is 35.5. The quantitative estimate of drug-likeness (QED) is 0.391. The first kappa shape index (κ1) is 26.1. The lowest BCUT2D eigenvalue weighted by molar-refractivity contribution is 0.0696. The number of nitrogens with one attached hydrogen (secondary N) is 1. The Hall–Kier alpha value is -3.50. The molecule has 7 nitrogen and oxygen atoms in total. The smallest absolute Gasteiger partial charge is 0.411 e. The molecule has 0 heterocycles. The second-order valence-electron chi connectivity index (χ2n) is 7.67. The van der Waals surface area contributed by atoms with E-state index >= 15 is 0 Å². The van der Waals surface area contributed by atoms with Crippen molar-refractivity contribution in [3.05, 3.63) is 94.5 Å². The van der Waals surface area contributed by atoms with Gasteiger partial charge in [-0.15, -0.1) is 0 Å². The molecule has 0 radical (unpaired) electrons. The predicted octanol–water partition coefficient (Wildman–Crippen LogP) is 5.72. The van der Waals surface area contributed by atoms with E-state index in [4.69, 9.17) is 21.4 Å². The maximum Gasteiger partial charge on any atom is 0.411 e. The second-order valence-corrected chi connectivity index (χ2v) is 10.2. The number of amides is 1. The van der Waals surface area contributed by atoms with Crippen LogP contribution in [-0.4, -0.2) is 32.2 Å². The van der Waals surface area contributed by atoms with Crippen molar-refractivity contribution in [2.45, 2.75) is 17.1 Å². The van der Waals surface area contributed by atoms with Gasteiger partial charge in [0.15, 0.2) is 9.84 Å². The molecule has 3 aromatic rings. The summed E-state index contributed by atoms with van der Waals surface area (Å²) in [5.41, 5.74) is -0.332. The minimum atomic E-state index is -4.27. The highest BCUT2D eigenvalue weighted by Gasteiger charge is 2.37. The number of carbonyl (C=O) groups is 2. The Morgan fingerprint density at radius 1 is 1.06 bits per heavy atom. The Morgan fingerprint density at radius 3 is 2.40 bits per heavy atom. The number of ether oxygens (including phenoxy) is 1. The fraction of sp³-hybridized carbons (Fsp3) is 0.167. The highest BCUT2D eigenvalue weighted by Crippen LogP contribution is 2.37. The van der Waals surface area contributed by atoms with Crippen molar-refractivity contribution in [3.8, 4) is 0 Å². The number of halogens is 3. The molecular weight excluding hydrogens is 504 g/mol. The van der Waals surface area contributed by atoms with Gasteiger partial charge >= 0.3 is 12.1 Å². The average Bonchev–Trinajstić information content (AvgIpc) is 2.80. The van der Waals surface area contributed by atoms with Gasteiger partial charge in [-0.2, -0.15) is 0 Å². The zero-order valence-corrected chi connectivity index (χ0v) is 19.8. The number of carboxylic acids is 1. The van der Waals surface area contributed by atoms with Crippen molar-refractivity contribution in [1.29, 1.82) is 0 Å². The summed E-state index contributed by atoms with van der Waals surface area (Å²) in [6, 6.07) is 13.1. The molecule has 11 heteroatoms. The van der Waals surface area contributed by atoms with Crippen LogP contribution in [0.3, 0.4) is 0 Å². The number of hydrogen-bond acceptors (Lipinski definition) is 5. The lowest BCUT2D eigenvalue weighted by atomic mass is 10.0. The van der Waals surface area contributed by atoms with E-state index in [1.807, 2.05) is 0 Å². The normalized spacial score (nSPS) is 13.0. The fourth-order valence-electron chi connectivity index (χ4n) is 3.46. The van der Waals surface area contributed by atoms with E-state index in [9.17, 15) is 26.8 Å². The summed E-state index contributed by atoms with van der Waals surface area (Å²) in [4.78, 5) is 23.2. The molecule has 2 N–H and O–H groups in total. The third-order valence-corrected chi connectivity index (χ3v) is 7.66. The summed E-state index contributed by atoms with van der Waals surface area (Å²) in [7, 11) is -4.27. The lowest BCUT2D eigenvalue weighted by Crippen LogP contribution is -2.27. The number of benzene rings is 3.